The van der Waals surface area contributed by atoms with E-state index >= 15 is 0 Å². The van der Waals surface area contributed by atoms with Gasteiger partial charge in [-0.25, -0.2) is 0 Å². The predicted octanol–water partition coefficient (Wildman–Crippen LogP) is 3.22. The minimum absolute atomic E-state index is 0.165. The second-order valence-electron chi connectivity index (χ2n) is 4.62. The molecule has 6 heteroatoms. The van der Waals surface area contributed by atoms with Crippen LogP contribution in [0.1, 0.15) is 17.0 Å². The van der Waals surface area contributed by atoms with E-state index in [-0.39, 0.29) is 5.75 Å². The molecule has 1 heterocycles. The van der Waals surface area contributed by atoms with E-state index in [9.17, 15) is 8.78 Å². The number of benzene rings is 1. The van der Waals surface area contributed by atoms with Gasteiger partial charge in [-0.05, 0) is 31.7 Å². The summed E-state index contributed by atoms with van der Waals surface area (Å²) >= 11 is 0. The molecule has 1 aromatic heterocycles. The lowest BCUT2D eigenvalue weighted by Crippen LogP contribution is -2.17. The summed E-state index contributed by atoms with van der Waals surface area (Å²) in [7, 11) is 1.95. The summed E-state index contributed by atoms with van der Waals surface area (Å²) in [5.74, 6) is 0.945. The molecule has 0 saturated heterocycles. The van der Waals surface area contributed by atoms with Crippen molar-refractivity contribution in [3.63, 3.8) is 0 Å². The molecule has 0 saturated carbocycles. The maximum absolute atomic E-state index is 12.0. The molecule has 0 aliphatic rings. The second kappa shape index (κ2) is 6.47. The van der Waals surface area contributed by atoms with E-state index in [1.807, 2.05) is 20.0 Å². The number of aryl methyl sites for hydroxylation is 1. The average molecular weight is 282 g/mol. The maximum atomic E-state index is 12.0. The van der Waals surface area contributed by atoms with Crippen LogP contribution >= 0.6 is 0 Å². The van der Waals surface area contributed by atoms with Gasteiger partial charge in [0.1, 0.15) is 11.5 Å². The second-order valence-corrected chi connectivity index (χ2v) is 4.62. The Bertz CT molecular complexity index is 540. The molecule has 0 amide bonds. The number of rotatable bonds is 6. The zero-order valence-corrected chi connectivity index (χ0v) is 11.3. The molecular formula is C14H16F2N2O2. The number of nitrogens with zero attached hydrogens (tertiary/aromatic N) is 2. The van der Waals surface area contributed by atoms with E-state index in [1.165, 1.54) is 12.1 Å². The summed E-state index contributed by atoms with van der Waals surface area (Å²) < 4.78 is 33.4. The molecule has 108 valence electrons. The van der Waals surface area contributed by atoms with Crippen LogP contribution in [-0.4, -0.2) is 23.7 Å². The molecule has 0 unspecified atom stereocenters. The lowest BCUT2D eigenvalue weighted by Gasteiger charge is -2.15. The Hall–Kier alpha value is -1.95. The fourth-order valence-electron chi connectivity index (χ4n) is 1.91. The number of aromatic nitrogens is 1. The highest BCUT2D eigenvalue weighted by molar-refractivity contribution is 5.27. The average Bonchev–Trinajstić information content (AvgIpc) is 2.76. The number of alkyl halides is 2. The van der Waals surface area contributed by atoms with Crippen molar-refractivity contribution in [1.82, 2.24) is 10.1 Å². The first-order chi connectivity index (χ1) is 9.52. The van der Waals surface area contributed by atoms with Crippen molar-refractivity contribution in [2.45, 2.75) is 26.6 Å². The van der Waals surface area contributed by atoms with Crippen LogP contribution in [0.3, 0.4) is 0 Å². The first kappa shape index (κ1) is 14.5. The van der Waals surface area contributed by atoms with Gasteiger partial charge >= 0.3 is 6.61 Å². The molecule has 0 bridgehead atoms. The molecule has 0 fully saturated rings. The van der Waals surface area contributed by atoms with Crippen LogP contribution in [0.5, 0.6) is 5.75 Å². The normalized spacial score (nSPS) is 11.3. The standard InChI is InChI=1S/C14H16F2N2O2/c1-10-7-12(17-20-10)9-18(2)8-11-3-5-13(6-4-11)19-14(15)16/h3-7,14H,8-9H2,1-2H3. The molecule has 0 aliphatic carbocycles. The Labute approximate surface area is 115 Å². The van der Waals surface area contributed by atoms with Gasteiger partial charge in [0.15, 0.2) is 0 Å². The van der Waals surface area contributed by atoms with Gasteiger partial charge in [-0.2, -0.15) is 8.78 Å². The SMILES string of the molecule is Cc1cc(CN(C)Cc2ccc(OC(F)F)cc2)no1. The molecule has 0 spiro atoms. The van der Waals surface area contributed by atoms with E-state index in [0.717, 1.165) is 17.0 Å². The summed E-state index contributed by atoms with van der Waals surface area (Å²) in [6.45, 7) is 0.394. The fraction of sp³-hybridized carbons (Fsp3) is 0.357. The third-order valence-corrected chi connectivity index (χ3v) is 2.71. The molecular weight excluding hydrogens is 266 g/mol. The minimum Gasteiger partial charge on any atom is -0.435 e. The fourth-order valence-corrected chi connectivity index (χ4v) is 1.91. The molecule has 0 radical (unpaired) electrons. The van der Waals surface area contributed by atoms with Crippen molar-refractivity contribution in [3.8, 4) is 5.75 Å². The van der Waals surface area contributed by atoms with Gasteiger partial charge < -0.3 is 9.26 Å². The highest BCUT2D eigenvalue weighted by Gasteiger charge is 2.07. The van der Waals surface area contributed by atoms with Crippen molar-refractivity contribution >= 4 is 0 Å². The molecule has 20 heavy (non-hydrogen) atoms. The lowest BCUT2D eigenvalue weighted by atomic mass is 10.2. The van der Waals surface area contributed by atoms with Crippen molar-refractivity contribution in [2.75, 3.05) is 7.05 Å². The number of hydrogen-bond acceptors (Lipinski definition) is 4. The minimum atomic E-state index is -2.79. The Balaban J connectivity index is 1.89. The highest BCUT2D eigenvalue weighted by Crippen LogP contribution is 2.16. The van der Waals surface area contributed by atoms with Gasteiger partial charge in [0, 0.05) is 19.2 Å². The molecule has 2 rings (SSSR count). The molecule has 0 aliphatic heterocycles. The largest absolute Gasteiger partial charge is 0.435 e. The molecule has 0 N–H and O–H groups in total. The molecule has 1 aromatic carbocycles. The third kappa shape index (κ3) is 4.31. The van der Waals surface area contributed by atoms with Crippen molar-refractivity contribution in [3.05, 3.63) is 47.3 Å². The molecule has 0 atom stereocenters. The Kier molecular flexibility index (Phi) is 4.68. The Morgan fingerprint density at radius 1 is 1.25 bits per heavy atom. The highest BCUT2D eigenvalue weighted by atomic mass is 19.3. The van der Waals surface area contributed by atoms with Crippen molar-refractivity contribution in [2.24, 2.45) is 0 Å². The number of halogens is 2. The maximum Gasteiger partial charge on any atom is 0.387 e. The Morgan fingerprint density at radius 3 is 2.50 bits per heavy atom. The number of hydrogen-bond donors (Lipinski definition) is 0. The van der Waals surface area contributed by atoms with Crippen LogP contribution in [0.15, 0.2) is 34.9 Å². The predicted molar refractivity (Wildman–Crippen MR) is 69.5 cm³/mol. The van der Waals surface area contributed by atoms with Crippen molar-refractivity contribution in [1.29, 1.82) is 0 Å². The zero-order chi connectivity index (χ0) is 14.5. The van der Waals surface area contributed by atoms with Gasteiger partial charge in [0.2, 0.25) is 0 Å². The van der Waals surface area contributed by atoms with Gasteiger partial charge in [-0.1, -0.05) is 17.3 Å². The summed E-state index contributed by atoms with van der Waals surface area (Å²) in [6.07, 6.45) is 0. The monoisotopic (exact) mass is 282 g/mol. The first-order valence-corrected chi connectivity index (χ1v) is 6.17. The van der Waals surface area contributed by atoms with Crippen molar-refractivity contribution < 1.29 is 18.0 Å². The summed E-state index contributed by atoms with van der Waals surface area (Å²) in [6, 6.07) is 8.49. The van der Waals surface area contributed by atoms with Crippen LogP contribution < -0.4 is 4.74 Å². The van der Waals surface area contributed by atoms with E-state index in [1.54, 1.807) is 12.1 Å². The smallest absolute Gasteiger partial charge is 0.387 e. The van der Waals surface area contributed by atoms with E-state index in [4.69, 9.17) is 4.52 Å². The van der Waals surface area contributed by atoms with Gasteiger partial charge in [-0.15, -0.1) is 0 Å². The van der Waals surface area contributed by atoms with E-state index in [0.29, 0.717) is 13.1 Å². The van der Waals surface area contributed by atoms with Crippen LogP contribution in [-0.2, 0) is 13.1 Å². The van der Waals surface area contributed by atoms with Crippen LogP contribution in [0.25, 0.3) is 0 Å². The molecule has 2 aromatic rings. The first-order valence-electron chi connectivity index (χ1n) is 6.17. The quantitative estimate of drug-likeness (QED) is 0.815. The van der Waals surface area contributed by atoms with Crippen LogP contribution in [0, 0.1) is 6.92 Å². The zero-order valence-electron chi connectivity index (χ0n) is 11.3. The van der Waals surface area contributed by atoms with Crippen LogP contribution in [0.2, 0.25) is 0 Å². The van der Waals surface area contributed by atoms with E-state index in [2.05, 4.69) is 14.8 Å². The van der Waals surface area contributed by atoms with Crippen LogP contribution in [0.4, 0.5) is 8.78 Å². The van der Waals surface area contributed by atoms with Gasteiger partial charge in [0.25, 0.3) is 0 Å². The topological polar surface area (TPSA) is 38.5 Å². The van der Waals surface area contributed by atoms with E-state index < -0.39 is 6.61 Å². The molecule has 4 nitrogen and oxygen atoms in total. The van der Waals surface area contributed by atoms with Gasteiger partial charge in [-0.3, -0.25) is 4.90 Å². The number of ether oxygens (including phenoxy) is 1. The summed E-state index contributed by atoms with van der Waals surface area (Å²) in [5, 5.41) is 3.92. The van der Waals surface area contributed by atoms with Gasteiger partial charge in [0.05, 0.1) is 5.69 Å². The Morgan fingerprint density at radius 2 is 1.95 bits per heavy atom. The summed E-state index contributed by atoms with van der Waals surface area (Å²) in [4.78, 5) is 2.06. The summed E-state index contributed by atoms with van der Waals surface area (Å²) in [5.41, 5.74) is 1.87. The third-order valence-electron chi connectivity index (χ3n) is 2.71. The lowest BCUT2D eigenvalue weighted by molar-refractivity contribution is -0.0498.